The summed E-state index contributed by atoms with van der Waals surface area (Å²) in [7, 11) is -3.36. The number of benzene rings is 1. The van der Waals surface area contributed by atoms with E-state index in [0.29, 0.717) is 11.4 Å². The molecule has 0 aromatic heterocycles. The van der Waals surface area contributed by atoms with E-state index in [4.69, 9.17) is 0 Å². The zero-order valence-electron chi connectivity index (χ0n) is 8.07. The van der Waals surface area contributed by atoms with Gasteiger partial charge in [-0.15, -0.1) is 3.33 Å². The third-order valence-electron chi connectivity index (χ3n) is 1.83. The first kappa shape index (κ1) is 11.7. The highest BCUT2D eigenvalue weighted by Gasteiger charge is 2.19. The lowest BCUT2D eigenvalue weighted by molar-refractivity contribution is 0.554. The first-order chi connectivity index (χ1) is 6.48. The number of rotatable bonds is 3. The van der Waals surface area contributed by atoms with Crippen molar-refractivity contribution in [1.29, 1.82) is 0 Å². The molecule has 0 radical (unpaired) electrons. The van der Waals surface area contributed by atoms with Gasteiger partial charge in [-0.1, -0.05) is 24.6 Å². The summed E-state index contributed by atoms with van der Waals surface area (Å²) >= 11 is 3.00. The highest BCUT2D eigenvalue weighted by atomic mass is 79.9. The summed E-state index contributed by atoms with van der Waals surface area (Å²) in [6, 6.07) is 6.77. The molecule has 0 bridgehead atoms. The smallest absolute Gasteiger partial charge is 0.206 e. The fourth-order valence-corrected chi connectivity index (χ4v) is 2.54. The maximum absolute atomic E-state index is 11.8. The number of hydrogen-bond donors (Lipinski definition) is 0. The third-order valence-corrected chi connectivity index (χ3v) is 5.12. The summed E-state index contributed by atoms with van der Waals surface area (Å²) in [5.41, 5.74) is 1.04. The lowest BCUT2D eigenvalue weighted by Gasteiger charge is -2.12. The van der Waals surface area contributed by atoms with E-state index < -0.39 is 10.0 Å². The van der Waals surface area contributed by atoms with E-state index >= 15 is 0 Å². The maximum atomic E-state index is 11.8. The van der Waals surface area contributed by atoms with Crippen LogP contribution in [0.3, 0.4) is 0 Å². The van der Waals surface area contributed by atoms with Gasteiger partial charge in [0.15, 0.2) is 0 Å². The average Bonchev–Trinajstić information content (AvgIpc) is 2.17. The van der Waals surface area contributed by atoms with Gasteiger partial charge >= 0.3 is 0 Å². The minimum atomic E-state index is -3.36. The second kappa shape index (κ2) is 4.42. The fourth-order valence-electron chi connectivity index (χ4n) is 0.995. The summed E-state index contributed by atoms with van der Waals surface area (Å²) in [5, 5.41) is 0. The molecule has 0 amide bonds. The van der Waals surface area contributed by atoms with Crippen molar-refractivity contribution in [3.8, 4) is 0 Å². The summed E-state index contributed by atoms with van der Waals surface area (Å²) in [4.78, 5) is 0.307. The Morgan fingerprint density at radius 2 is 1.79 bits per heavy atom. The van der Waals surface area contributed by atoms with E-state index in [0.717, 1.165) is 8.89 Å². The van der Waals surface area contributed by atoms with Crippen molar-refractivity contribution in [2.75, 3.05) is 6.54 Å². The van der Waals surface area contributed by atoms with Gasteiger partial charge in [-0.3, -0.25) is 0 Å². The number of sulfonamides is 1. The van der Waals surface area contributed by atoms with Gasteiger partial charge in [0.1, 0.15) is 0 Å². The first-order valence-electron chi connectivity index (χ1n) is 4.23. The SMILES string of the molecule is CCN(Br)S(=O)(=O)c1ccc(C)cc1. The van der Waals surface area contributed by atoms with Crippen LogP contribution in [0.1, 0.15) is 12.5 Å². The molecule has 3 nitrogen and oxygen atoms in total. The van der Waals surface area contributed by atoms with Crippen molar-refractivity contribution in [2.45, 2.75) is 18.7 Å². The molecule has 78 valence electrons. The Morgan fingerprint density at radius 3 is 2.21 bits per heavy atom. The average molecular weight is 278 g/mol. The van der Waals surface area contributed by atoms with Crippen LogP contribution in [-0.4, -0.2) is 18.3 Å². The molecule has 0 N–H and O–H groups in total. The summed E-state index contributed by atoms with van der Waals surface area (Å²) in [5.74, 6) is 0. The Hall–Kier alpha value is -0.390. The lowest BCUT2D eigenvalue weighted by atomic mass is 10.2. The quantitative estimate of drug-likeness (QED) is 0.796. The summed E-state index contributed by atoms with van der Waals surface area (Å²) in [6.45, 7) is 4.08. The van der Waals surface area contributed by atoms with Crippen LogP contribution in [-0.2, 0) is 10.0 Å². The van der Waals surface area contributed by atoms with Gasteiger partial charge in [0.2, 0.25) is 0 Å². The number of halogens is 1. The molecular weight excluding hydrogens is 266 g/mol. The molecule has 0 heterocycles. The molecule has 0 saturated heterocycles. The van der Waals surface area contributed by atoms with Crippen LogP contribution in [0.2, 0.25) is 0 Å². The highest BCUT2D eigenvalue weighted by molar-refractivity contribution is 9.08. The molecule has 1 aromatic carbocycles. The van der Waals surface area contributed by atoms with Gasteiger partial charge in [-0.25, -0.2) is 8.42 Å². The summed E-state index contributed by atoms with van der Waals surface area (Å²) in [6.07, 6.45) is 0. The largest absolute Gasteiger partial charge is 0.252 e. The Kier molecular flexibility index (Phi) is 3.69. The molecule has 0 spiro atoms. The number of nitrogens with zero attached hydrogens (tertiary/aromatic N) is 1. The van der Waals surface area contributed by atoms with Crippen molar-refractivity contribution >= 4 is 26.2 Å². The Labute approximate surface area is 93.1 Å². The van der Waals surface area contributed by atoms with E-state index in [-0.39, 0.29) is 0 Å². The molecule has 0 aliphatic rings. The van der Waals surface area contributed by atoms with Crippen LogP contribution in [0.15, 0.2) is 29.2 Å². The number of hydrogen-bond acceptors (Lipinski definition) is 2. The Bertz CT molecular complexity index is 399. The van der Waals surface area contributed by atoms with Crippen molar-refractivity contribution in [2.24, 2.45) is 0 Å². The van der Waals surface area contributed by atoms with Gasteiger partial charge in [0, 0.05) is 22.7 Å². The van der Waals surface area contributed by atoms with Gasteiger partial charge in [-0.05, 0) is 19.1 Å². The molecular formula is C9H12BrNO2S. The minimum absolute atomic E-state index is 0.307. The maximum Gasteiger partial charge on any atom is 0.252 e. The molecule has 0 atom stereocenters. The van der Waals surface area contributed by atoms with Crippen LogP contribution >= 0.6 is 16.1 Å². The minimum Gasteiger partial charge on any atom is -0.206 e. The van der Waals surface area contributed by atoms with Crippen molar-refractivity contribution in [3.05, 3.63) is 29.8 Å². The van der Waals surface area contributed by atoms with E-state index in [1.165, 1.54) is 0 Å². The van der Waals surface area contributed by atoms with Gasteiger partial charge < -0.3 is 0 Å². The molecule has 0 unspecified atom stereocenters. The zero-order valence-corrected chi connectivity index (χ0v) is 10.5. The van der Waals surface area contributed by atoms with E-state index in [1.807, 2.05) is 6.92 Å². The number of aryl methyl sites for hydroxylation is 1. The molecule has 5 heteroatoms. The van der Waals surface area contributed by atoms with Crippen LogP contribution in [0, 0.1) is 6.92 Å². The van der Waals surface area contributed by atoms with E-state index in [1.54, 1.807) is 31.2 Å². The second-order valence-corrected chi connectivity index (χ2v) is 6.11. The molecule has 0 aliphatic heterocycles. The van der Waals surface area contributed by atoms with Crippen molar-refractivity contribution in [3.63, 3.8) is 0 Å². The van der Waals surface area contributed by atoms with Crippen LogP contribution in [0.25, 0.3) is 0 Å². The van der Waals surface area contributed by atoms with Gasteiger partial charge in [0.05, 0.1) is 4.90 Å². The monoisotopic (exact) mass is 277 g/mol. The zero-order chi connectivity index (χ0) is 10.8. The van der Waals surface area contributed by atoms with Crippen LogP contribution in [0.4, 0.5) is 0 Å². The van der Waals surface area contributed by atoms with E-state index in [2.05, 4.69) is 16.1 Å². The standard InChI is InChI=1S/C9H12BrNO2S/c1-3-11(10)14(12,13)9-6-4-8(2)5-7-9/h4-7H,3H2,1-2H3. The predicted octanol–water partition coefficient (Wildman–Crippen LogP) is 2.32. The normalized spacial score (nSPS) is 12.0. The molecule has 1 rings (SSSR count). The molecule has 0 saturated carbocycles. The molecule has 0 aliphatic carbocycles. The predicted molar refractivity (Wildman–Crippen MR) is 59.7 cm³/mol. The first-order valence-corrected chi connectivity index (χ1v) is 6.38. The lowest BCUT2D eigenvalue weighted by Crippen LogP contribution is -2.20. The highest BCUT2D eigenvalue weighted by Crippen LogP contribution is 2.18. The van der Waals surface area contributed by atoms with Crippen molar-refractivity contribution in [1.82, 2.24) is 3.33 Å². The van der Waals surface area contributed by atoms with Crippen LogP contribution in [0.5, 0.6) is 0 Å². The molecule has 0 fully saturated rings. The molecule has 14 heavy (non-hydrogen) atoms. The molecule has 1 aromatic rings. The van der Waals surface area contributed by atoms with Gasteiger partial charge in [-0.2, -0.15) is 0 Å². The topological polar surface area (TPSA) is 37.4 Å². The van der Waals surface area contributed by atoms with Crippen LogP contribution < -0.4 is 0 Å². The van der Waals surface area contributed by atoms with Crippen molar-refractivity contribution < 1.29 is 8.42 Å². The fraction of sp³-hybridized carbons (Fsp3) is 0.333. The van der Waals surface area contributed by atoms with E-state index in [9.17, 15) is 8.42 Å². The third kappa shape index (κ3) is 2.34. The van der Waals surface area contributed by atoms with Gasteiger partial charge in [0.25, 0.3) is 10.0 Å². The summed E-state index contributed by atoms with van der Waals surface area (Å²) < 4.78 is 24.7. The second-order valence-electron chi connectivity index (χ2n) is 2.92. The Balaban J connectivity index is 3.11. The Morgan fingerprint density at radius 1 is 1.29 bits per heavy atom.